The Bertz CT molecular complexity index is 704. The quantitative estimate of drug-likeness (QED) is 0.681. The van der Waals surface area contributed by atoms with Gasteiger partial charge in [-0.2, -0.15) is 0 Å². The van der Waals surface area contributed by atoms with Crippen LogP contribution in [0.4, 0.5) is 10.6 Å². The molecule has 0 atom stereocenters. The average Bonchev–Trinajstić information content (AvgIpc) is 2.92. The van der Waals surface area contributed by atoms with Gasteiger partial charge in [0.15, 0.2) is 11.5 Å². The average molecular weight is 343 g/mol. The highest BCUT2D eigenvalue weighted by atomic mass is 35.5. The lowest BCUT2D eigenvalue weighted by Crippen LogP contribution is -2.33. The first-order valence-electron chi connectivity index (χ1n) is 6.62. The van der Waals surface area contributed by atoms with Crippen molar-refractivity contribution in [1.29, 1.82) is 0 Å². The Kier molecular flexibility index (Phi) is 5.15. The molecule has 2 aromatic heterocycles. The molecule has 0 saturated heterocycles. The molecule has 2 aromatic rings. The van der Waals surface area contributed by atoms with Crippen LogP contribution in [0.1, 0.15) is 31.3 Å². The first-order chi connectivity index (χ1) is 10.4. The van der Waals surface area contributed by atoms with Gasteiger partial charge in [0, 0.05) is 17.8 Å². The van der Waals surface area contributed by atoms with Crippen LogP contribution in [-0.2, 0) is 4.74 Å². The van der Waals surface area contributed by atoms with Crippen LogP contribution < -0.4 is 5.32 Å². The SMILES string of the molecule is CCOC(=O)c1nc2ccsc2nc1NC(=O)N(Cl)C(C)C. The summed E-state index contributed by atoms with van der Waals surface area (Å²) in [5.74, 6) is -0.617. The van der Waals surface area contributed by atoms with Gasteiger partial charge in [-0.25, -0.2) is 24.0 Å². The monoisotopic (exact) mass is 342 g/mol. The van der Waals surface area contributed by atoms with Gasteiger partial charge in [0.2, 0.25) is 0 Å². The van der Waals surface area contributed by atoms with Crippen molar-refractivity contribution in [2.75, 3.05) is 11.9 Å². The van der Waals surface area contributed by atoms with Gasteiger partial charge in [-0.05, 0) is 32.2 Å². The summed E-state index contributed by atoms with van der Waals surface area (Å²) in [4.78, 5) is 33.1. The normalized spacial score (nSPS) is 10.8. The molecule has 2 heterocycles. The van der Waals surface area contributed by atoms with E-state index in [0.717, 1.165) is 4.42 Å². The number of urea groups is 1. The van der Waals surface area contributed by atoms with Crippen molar-refractivity contribution in [3.8, 4) is 0 Å². The lowest BCUT2D eigenvalue weighted by Gasteiger charge is -2.18. The van der Waals surface area contributed by atoms with Crippen molar-refractivity contribution < 1.29 is 14.3 Å². The number of amides is 2. The molecule has 0 aliphatic heterocycles. The summed E-state index contributed by atoms with van der Waals surface area (Å²) in [6, 6.07) is 0.932. The van der Waals surface area contributed by atoms with Crippen molar-refractivity contribution in [2.45, 2.75) is 26.8 Å². The molecule has 2 rings (SSSR count). The molecule has 0 bridgehead atoms. The molecule has 2 amide bonds. The van der Waals surface area contributed by atoms with Crippen LogP contribution in [0.15, 0.2) is 11.4 Å². The first kappa shape index (κ1) is 16.4. The summed E-state index contributed by atoms with van der Waals surface area (Å²) < 4.78 is 5.93. The third-order valence-corrected chi connectivity index (χ3v) is 3.98. The van der Waals surface area contributed by atoms with Crippen LogP contribution in [0, 0.1) is 0 Å². The van der Waals surface area contributed by atoms with Crippen LogP contribution >= 0.6 is 23.1 Å². The number of nitrogens with one attached hydrogen (secondary N) is 1. The lowest BCUT2D eigenvalue weighted by molar-refractivity contribution is 0.0521. The van der Waals surface area contributed by atoms with E-state index >= 15 is 0 Å². The summed E-state index contributed by atoms with van der Waals surface area (Å²) in [5, 5.41) is 4.30. The molecule has 7 nitrogen and oxygen atoms in total. The second kappa shape index (κ2) is 6.89. The molecule has 1 N–H and O–H groups in total. The second-order valence-corrected chi connectivity index (χ2v) is 5.85. The number of carbonyl (C=O) groups excluding carboxylic acids is 2. The fraction of sp³-hybridized carbons (Fsp3) is 0.385. The maximum Gasteiger partial charge on any atom is 0.360 e. The molecule has 0 fully saturated rings. The number of hydrogen-bond acceptors (Lipinski definition) is 6. The van der Waals surface area contributed by atoms with E-state index in [4.69, 9.17) is 16.5 Å². The van der Waals surface area contributed by atoms with E-state index in [-0.39, 0.29) is 24.2 Å². The smallest absolute Gasteiger partial charge is 0.360 e. The Labute approximate surface area is 136 Å². The molecule has 0 aromatic carbocycles. The molecule has 0 aliphatic carbocycles. The van der Waals surface area contributed by atoms with E-state index in [0.29, 0.717) is 10.3 Å². The number of anilines is 1. The molecule has 0 aliphatic rings. The highest BCUT2D eigenvalue weighted by Crippen LogP contribution is 2.22. The number of thiophene rings is 1. The Balaban J connectivity index is 2.39. The van der Waals surface area contributed by atoms with E-state index in [9.17, 15) is 9.59 Å². The predicted molar refractivity (Wildman–Crippen MR) is 85.2 cm³/mol. The zero-order valence-corrected chi connectivity index (χ0v) is 13.9. The van der Waals surface area contributed by atoms with E-state index < -0.39 is 12.0 Å². The predicted octanol–water partition coefficient (Wildman–Crippen LogP) is 3.26. The Morgan fingerprint density at radius 3 is 2.82 bits per heavy atom. The maximum absolute atomic E-state index is 12.0. The number of hydrogen-bond donors (Lipinski definition) is 1. The molecule has 9 heteroatoms. The van der Waals surface area contributed by atoms with Gasteiger partial charge in [0.05, 0.1) is 6.61 Å². The summed E-state index contributed by atoms with van der Waals surface area (Å²) in [6.45, 7) is 5.40. The van der Waals surface area contributed by atoms with Crippen molar-refractivity contribution in [2.24, 2.45) is 0 Å². The zero-order chi connectivity index (χ0) is 16.3. The molecule has 0 radical (unpaired) electrons. The fourth-order valence-corrected chi connectivity index (χ4v) is 2.36. The molecule has 0 saturated carbocycles. The minimum Gasteiger partial charge on any atom is -0.461 e. The Morgan fingerprint density at radius 1 is 1.45 bits per heavy atom. The highest BCUT2D eigenvalue weighted by molar-refractivity contribution is 7.16. The van der Waals surface area contributed by atoms with Crippen molar-refractivity contribution >= 4 is 51.3 Å². The van der Waals surface area contributed by atoms with Crippen LogP contribution in [0.5, 0.6) is 0 Å². The van der Waals surface area contributed by atoms with Gasteiger partial charge in [0.1, 0.15) is 10.3 Å². The van der Waals surface area contributed by atoms with Crippen LogP contribution in [-0.4, -0.2) is 39.0 Å². The van der Waals surface area contributed by atoms with E-state index in [1.165, 1.54) is 11.3 Å². The summed E-state index contributed by atoms with van der Waals surface area (Å²) in [6.07, 6.45) is 0. The number of carbonyl (C=O) groups is 2. The van der Waals surface area contributed by atoms with Crippen molar-refractivity contribution in [3.05, 3.63) is 17.1 Å². The standard InChI is InChI=1S/C13H15ClN4O3S/c1-4-21-12(19)9-10(17-13(20)18(14)7(2)3)16-11-8(15-9)5-6-22-11/h5-7H,4H2,1-3H3,(H,16,17,20). The highest BCUT2D eigenvalue weighted by Gasteiger charge is 2.22. The number of nitrogens with zero attached hydrogens (tertiary/aromatic N) is 3. The van der Waals surface area contributed by atoms with Gasteiger partial charge in [-0.3, -0.25) is 5.32 Å². The number of rotatable bonds is 4. The first-order valence-corrected chi connectivity index (χ1v) is 7.84. The summed E-state index contributed by atoms with van der Waals surface area (Å²) >= 11 is 7.22. The number of ether oxygens (including phenoxy) is 1. The largest absolute Gasteiger partial charge is 0.461 e. The third kappa shape index (κ3) is 3.45. The number of esters is 1. The van der Waals surface area contributed by atoms with Crippen LogP contribution in [0.2, 0.25) is 0 Å². The third-order valence-electron chi connectivity index (χ3n) is 2.64. The lowest BCUT2D eigenvalue weighted by atomic mass is 10.3. The molecular weight excluding hydrogens is 328 g/mol. The zero-order valence-electron chi connectivity index (χ0n) is 12.3. The van der Waals surface area contributed by atoms with E-state index in [1.807, 2.05) is 0 Å². The minimum absolute atomic E-state index is 0.0321. The van der Waals surface area contributed by atoms with Gasteiger partial charge in [0.25, 0.3) is 0 Å². The molecular formula is C13H15ClN4O3S. The molecule has 0 spiro atoms. The second-order valence-electron chi connectivity index (χ2n) is 4.59. The number of halogens is 1. The molecule has 118 valence electrons. The Morgan fingerprint density at radius 2 is 2.18 bits per heavy atom. The van der Waals surface area contributed by atoms with E-state index in [2.05, 4.69) is 15.3 Å². The summed E-state index contributed by atoms with van der Waals surface area (Å²) in [5.41, 5.74) is 0.521. The number of fused-ring (bicyclic) bond motifs is 1. The molecule has 22 heavy (non-hydrogen) atoms. The van der Waals surface area contributed by atoms with Crippen LogP contribution in [0.3, 0.4) is 0 Å². The summed E-state index contributed by atoms with van der Waals surface area (Å²) in [7, 11) is 0. The maximum atomic E-state index is 12.0. The van der Waals surface area contributed by atoms with Gasteiger partial charge >= 0.3 is 12.0 Å². The minimum atomic E-state index is -0.649. The van der Waals surface area contributed by atoms with Crippen molar-refractivity contribution in [3.63, 3.8) is 0 Å². The van der Waals surface area contributed by atoms with E-state index in [1.54, 1.807) is 32.2 Å². The van der Waals surface area contributed by atoms with Crippen LogP contribution in [0.25, 0.3) is 10.3 Å². The van der Waals surface area contributed by atoms with Gasteiger partial charge < -0.3 is 4.74 Å². The topological polar surface area (TPSA) is 84.4 Å². The Hall–Kier alpha value is -1.93. The van der Waals surface area contributed by atoms with Gasteiger partial charge in [-0.15, -0.1) is 11.3 Å². The molecule has 0 unspecified atom stereocenters. The fourth-order valence-electron chi connectivity index (χ4n) is 1.61. The number of aromatic nitrogens is 2. The van der Waals surface area contributed by atoms with Gasteiger partial charge in [-0.1, -0.05) is 0 Å². The van der Waals surface area contributed by atoms with Crippen molar-refractivity contribution in [1.82, 2.24) is 14.4 Å².